The fraction of sp³-hybridized carbons (Fsp3) is 0.444. The third kappa shape index (κ3) is 6.41. The summed E-state index contributed by atoms with van der Waals surface area (Å²) in [6.07, 6.45) is 5.98. The molecule has 1 aromatic carbocycles. The van der Waals surface area contributed by atoms with Crippen LogP contribution in [0.25, 0.3) is 6.08 Å². The van der Waals surface area contributed by atoms with Crippen molar-refractivity contribution in [2.45, 2.75) is 26.4 Å². The van der Waals surface area contributed by atoms with Crippen molar-refractivity contribution in [3.63, 3.8) is 0 Å². The second kappa shape index (κ2) is 11.3. The molecular weight excluding hydrogens is 306 g/mol. The lowest BCUT2D eigenvalue weighted by molar-refractivity contribution is 0.0633. The fourth-order valence-electron chi connectivity index (χ4n) is 2.30. The Morgan fingerprint density at radius 2 is 1.61 bits per heavy atom. The molecule has 0 spiro atoms. The summed E-state index contributed by atoms with van der Waals surface area (Å²) in [5, 5.41) is 3.42. The molecule has 0 aromatic heterocycles. The van der Waals surface area contributed by atoms with Crippen molar-refractivity contribution in [2.75, 3.05) is 26.4 Å². The van der Waals surface area contributed by atoms with Gasteiger partial charge >= 0.3 is 8.80 Å². The van der Waals surface area contributed by atoms with E-state index in [1.165, 1.54) is 5.56 Å². The van der Waals surface area contributed by atoms with Crippen molar-refractivity contribution in [3.05, 3.63) is 54.6 Å². The van der Waals surface area contributed by atoms with E-state index in [-0.39, 0.29) is 5.67 Å². The molecular formula is C18H29NO3Si. The zero-order valence-electron chi connectivity index (χ0n) is 14.5. The zero-order valence-corrected chi connectivity index (χ0v) is 15.5. The maximum absolute atomic E-state index is 5.92. The minimum absolute atomic E-state index is 0.136. The Morgan fingerprint density at radius 1 is 1.04 bits per heavy atom. The molecule has 0 aliphatic carbocycles. The fourth-order valence-corrected chi connectivity index (χ4v) is 4.96. The Kier molecular flexibility index (Phi) is 9.74. The van der Waals surface area contributed by atoms with Crippen LogP contribution in [0.5, 0.6) is 0 Å². The summed E-state index contributed by atoms with van der Waals surface area (Å²) in [6.45, 7) is 12.1. The Balaban J connectivity index is 2.70. The number of benzene rings is 1. The van der Waals surface area contributed by atoms with E-state index in [1.54, 1.807) is 0 Å². The van der Waals surface area contributed by atoms with E-state index < -0.39 is 8.80 Å². The van der Waals surface area contributed by atoms with Gasteiger partial charge in [-0.15, -0.1) is 6.58 Å². The predicted molar refractivity (Wildman–Crippen MR) is 98.1 cm³/mol. The number of hydrogen-bond acceptors (Lipinski definition) is 4. The minimum atomic E-state index is -2.82. The number of rotatable bonds is 12. The van der Waals surface area contributed by atoms with Crippen LogP contribution in [0.2, 0.25) is 0 Å². The third-order valence-electron chi connectivity index (χ3n) is 3.22. The van der Waals surface area contributed by atoms with Crippen LogP contribution < -0.4 is 5.32 Å². The van der Waals surface area contributed by atoms with Crippen molar-refractivity contribution < 1.29 is 13.3 Å². The highest BCUT2D eigenvalue weighted by Gasteiger charge is 2.47. The summed E-state index contributed by atoms with van der Waals surface area (Å²) in [7, 11) is -2.82. The van der Waals surface area contributed by atoms with Gasteiger partial charge in [-0.1, -0.05) is 48.6 Å². The molecule has 0 heterocycles. The van der Waals surface area contributed by atoms with E-state index in [1.807, 2.05) is 45.0 Å². The monoisotopic (exact) mass is 335 g/mol. The molecule has 5 heteroatoms. The molecule has 0 saturated heterocycles. The highest BCUT2D eigenvalue weighted by Crippen LogP contribution is 2.16. The van der Waals surface area contributed by atoms with Crippen LogP contribution in [-0.2, 0) is 13.3 Å². The average Bonchev–Trinajstić information content (AvgIpc) is 2.56. The van der Waals surface area contributed by atoms with Crippen molar-refractivity contribution in [1.82, 2.24) is 5.32 Å². The lowest BCUT2D eigenvalue weighted by Crippen LogP contribution is -2.61. The maximum atomic E-state index is 5.92. The van der Waals surface area contributed by atoms with Crippen molar-refractivity contribution >= 4 is 14.9 Å². The molecule has 0 fully saturated rings. The minimum Gasteiger partial charge on any atom is -0.373 e. The van der Waals surface area contributed by atoms with Crippen LogP contribution in [-0.4, -0.2) is 40.8 Å². The van der Waals surface area contributed by atoms with E-state index in [2.05, 4.69) is 36.2 Å². The Morgan fingerprint density at radius 3 is 2.09 bits per heavy atom. The van der Waals surface area contributed by atoms with E-state index in [9.17, 15) is 0 Å². The lowest BCUT2D eigenvalue weighted by Gasteiger charge is -2.34. The molecule has 0 amide bonds. The van der Waals surface area contributed by atoms with Crippen LogP contribution in [0.4, 0.5) is 0 Å². The molecule has 0 aliphatic rings. The molecule has 1 rings (SSSR count). The van der Waals surface area contributed by atoms with Crippen molar-refractivity contribution in [3.8, 4) is 0 Å². The Hall–Kier alpha value is -1.24. The van der Waals surface area contributed by atoms with Crippen LogP contribution in [0, 0.1) is 0 Å². The van der Waals surface area contributed by atoms with E-state index >= 15 is 0 Å². The van der Waals surface area contributed by atoms with Gasteiger partial charge in [0.15, 0.2) is 0 Å². The summed E-state index contributed by atoms with van der Waals surface area (Å²) in [5.41, 5.74) is 1.04. The first-order valence-electron chi connectivity index (χ1n) is 8.21. The zero-order chi connectivity index (χ0) is 17.0. The van der Waals surface area contributed by atoms with Crippen LogP contribution in [0.1, 0.15) is 26.3 Å². The maximum Gasteiger partial charge on any atom is 0.522 e. The highest BCUT2D eigenvalue weighted by atomic mass is 28.4. The molecule has 1 atom stereocenters. The molecule has 0 saturated carbocycles. The first-order valence-corrected chi connectivity index (χ1v) is 10.0. The number of nitrogens with one attached hydrogen (secondary N) is 1. The summed E-state index contributed by atoms with van der Waals surface area (Å²) < 4.78 is 17.7. The quantitative estimate of drug-likeness (QED) is 0.469. The summed E-state index contributed by atoms with van der Waals surface area (Å²) in [5.74, 6) is 0. The topological polar surface area (TPSA) is 39.7 Å². The Bertz CT molecular complexity index is 448. The summed E-state index contributed by atoms with van der Waals surface area (Å²) in [6, 6.07) is 10.2. The highest BCUT2D eigenvalue weighted by molar-refractivity contribution is 6.63. The molecule has 1 N–H and O–H groups in total. The van der Waals surface area contributed by atoms with Crippen molar-refractivity contribution in [1.29, 1.82) is 0 Å². The van der Waals surface area contributed by atoms with Crippen LogP contribution in [0.15, 0.2) is 49.1 Å². The summed E-state index contributed by atoms with van der Waals surface area (Å²) >= 11 is 0. The van der Waals surface area contributed by atoms with Gasteiger partial charge in [-0.25, -0.2) is 0 Å². The molecule has 0 bridgehead atoms. The first kappa shape index (κ1) is 19.8. The molecule has 128 valence electrons. The summed E-state index contributed by atoms with van der Waals surface area (Å²) in [4.78, 5) is 0. The van der Waals surface area contributed by atoms with Gasteiger partial charge in [0.2, 0.25) is 0 Å². The Labute approximate surface area is 141 Å². The molecule has 23 heavy (non-hydrogen) atoms. The second-order valence-electron chi connectivity index (χ2n) is 4.84. The molecule has 0 radical (unpaired) electrons. The molecule has 1 unspecified atom stereocenters. The van der Waals surface area contributed by atoms with E-state index in [0.29, 0.717) is 26.4 Å². The van der Waals surface area contributed by atoms with Crippen LogP contribution >= 0.6 is 0 Å². The van der Waals surface area contributed by atoms with E-state index in [0.717, 1.165) is 0 Å². The first-order chi connectivity index (χ1) is 11.2. The van der Waals surface area contributed by atoms with Gasteiger partial charge in [0.1, 0.15) is 0 Å². The normalized spacial score (nSPS) is 13.3. The van der Waals surface area contributed by atoms with Crippen molar-refractivity contribution in [2.24, 2.45) is 0 Å². The van der Waals surface area contributed by atoms with Gasteiger partial charge in [-0.2, -0.15) is 0 Å². The van der Waals surface area contributed by atoms with Gasteiger partial charge in [0, 0.05) is 26.4 Å². The van der Waals surface area contributed by atoms with Gasteiger partial charge in [0.05, 0.1) is 5.67 Å². The lowest BCUT2D eigenvalue weighted by atomic mass is 10.2. The smallest absolute Gasteiger partial charge is 0.373 e. The van der Waals surface area contributed by atoms with Gasteiger partial charge in [0.25, 0.3) is 0 Å². The largest absolute Gasteiger partial charge is 0.522 e. The van der Waals surface area contributed by atoms with Gasteiger partial charge < -0.3 is 18.6 Å². The van der Waals surface area contributed by atoms with Gasteiger partial charge in [-0.3, -0.25) is 0 Å². The third-order valence-corrected chi connectivity index (χ3v) is 6.49. The standard InChI is InChI=1S/C18H29NO3Si/c1-5-18(23(20-6-2,21-7-3)22-8-4)19-16-12-15-17-13-10-9-11-14-17/h5,9-15,18-19H,1,6-8,16H2,2-4H3. The molecule has 0 aliphatic heterocycles. The van der Waals surface area contributed by atoms with E-state index in [4.69, 9.17) is 13.3 Å². The van der Waals surface area contributed by atoms with Crippen LogP contribution in [0.3, 0.4) is 0 Å². The SMILES string of the molecule is C=CC(NCC=Cc1ccccc1)[Si](OCC)(OCC)OCC. The molecule has 1 aromatic rings. The molecule has 4 nitrogen and oxygen atoms in total. The predicted octanol–water partition coefficient (Wildman–Crippen LogP) is 3.43. The van der Waals surface area contributed by atoms with Gasteiger partial charge in [-0.05, 0) is 26.3 Å². The average molecular weight is 336 g/mol. The number of hydrogen-bond donors (Lipinski definition) is 1. The second-order valence-corrected chi connectivity index (χ2v) is 7.53.